The van der Waals surface area contributed by atoms with Gasteiger partial charge in [0.15, 0.2) is 0 Å². The highest BCUT2D eigenvalue weighted by Gasteiger charge is 2.38. The van der Waals surface area contributed by atoms with Crippen LogP contribution in [0.25, 0.3) is 0 Å². The van der Waals surface area contributed by atoms with Gasteiger partial charge in [-0.2, -0.15) is 0 Å². The van der Waals surface area contributed by atoms with Gasteiger partial charge in [0, 0.05) is 19.1 Å². The van der Waals surface area contributed by atoms with Gasteiger partial charge >= 0.3 is 6.09 Å². The minimum atomic E-state index is -0.140. The molecule has 2 aliphatic heterocycles. The Kier molecular flexibility index (Phi) is 2.40. The largest absolute Gasteiger partial charge is 0.450 e. The van der Waals surface area contributed by atoms with Gasteiger partial charge in [0.2, 0.25) is 0 Å². The van der Waals surface area contributed by atoms with Gasteiger partial charge in [-0.1, -0.05) is 0 Å². The van der Waals surface area contributed by atoms with E-state index in [4.69, 9.17) is 4.74 Å². The molecule has 0 aromatic heterocycles. The molecule has 2 heterocycles. The van der Waals surface area contributed by atoms with Crippen molar-refractivity contribution in [2.45, 2.75) is 19.4 Å². The minimum absolute atomic E-state index is 0.140. The Morgan fingerprint density at radius 2 is 2.46 bits per heavy atom. The van der Waals surface area contributed by atoms with Crippen LogP contribution in [-0.4, -0.2) is 43.3 Å². The smallest absolute Gasteiger partial charge is 0.410 e. The summed E-state index contributed by atoms with van der Waals surface area (Å²) in [5.41, 5.74) is 0. The standard InChI is InChI=1S/C9H16N2O2/c1-2-13-9(12)11-6-7-3-8(11)5-10-4-7/h7-8,10H,2-6H2,1H3/t7-,8+/m1/s1. The van der Waals surface area contributed by atoms with E-state index < -0.39 is 0 Å². The molecule has 0 saturated carbocycles. The predicted octanol–water partition coefficient (Wildman–Crippen LogP) is 0.437. The third-order valence-electron chi connectivity index (χ3n) is 2.82. The van der Waals surface area contributed by atoms with Crippen molar-refractivity contribution in [1.29, 1.82) is 0 Å². The van der Waals surface area contributed by atoms with Gasteiger partial charge in [-0.05, 0) is 25.8 Å². The molecule has 13 heavy (non-hydrogen) atoms. The van der Waals surface area contributed by atoms with Crippen LogP contribution in [0.2, 0.25) is 0 Å². The Hall–Kier alpha value is -0.770. The van der Waals surface area contributed by atoms with E-state index in [9.17, 15) is 4.79 Å². The highest BCUT2D eigenvalue weighted by molar-refractivity contribution is 5.68. The van der Waals surface area contributed by atoms with Gasteiger partial charge in [0.05, 0.1) is 6.61 Å². The zero-order valence-electron chi connectivity index (χ0n) is 7.95. The molecule has 1 amide bonds. The molecule has 0 aliphatic carbocycles. The molecule has 0 aromatic rings. The SMILES string of the molecule is CCOC(=O)N1C[C@H]2CNC[C@@H]1C2. The topological polar surface area (TPSA) is 41.6 Å². The van der Waals surface area contributed by atoms with E-state index in [0.717, 1.165) is 26.1 Å². The first-order valence-corrected chi connectivity index (χ1v) is 4.95. The van der Waals surface area contributed by atoms with Crippen LogP contribution < -0.4 is 5.32 Å². The van der Waals surface area contributed by atoms with Crippen molar-refractivity contribution in [1.82, 2.24) is 10.2 Å². The Balaban J connectivity index is 1.96. The normalized spacial score (nSPS) is 31.9. The third kappa shape index (κ3) is 1.63. The number of carbonyl (C=O) groups excluding carboxylic acids is 1. The van der Waals surface area contributed by atoms with Crippen LogP contribution in [0.4, 0.5) is 4.79 Å². The zero-order valence-corrected chi connectivity index (χ0v) is 7.95. The minimum Gasteiger partial charge on any atom is -0.450 e. The van der Waals surface area contributed by atoms with E-state index in [1.165, 1.54) is 0 Å². The van der Waals surface area contributed by atoms with Crippen molar-refractivity contribution in [2.24, 2.45) is 5.92 Å². The second kappa shape index (κ2) is 3.54. The number of fused-ring (bicyclic) bond motifs is 2. The molecule has 4 nitrogen and oxygen atoms in total. The van der Waals surface area contributed by atoms with Crippen LogP contribution in [0.1, 0.15) is 13.3 Å². The molecule has 2 fully saturated rings. The number of nitrogens with one attached hydrogen (secondary N) is 1. The summed E-state index contributed by atoms with van der Waals surface area (Å²) in [6.07, 6.45) is 1.00. The van der Waals surface area contributed by atoms with Crippen LogP contribution in [0.3, 0.4) is 0 Å². The third-order valence-corrected chi connectivity index (χ3v) is 2.82. The number of nitrogens with zero attached hydrogens (tertiary/aromatic N) is 1. The Labute approximate surface area is 78.2 Å². The number of hydrogen-bond donors (Lipinski definition) is 1. The van der Waals surface area contributed by atoms with Gasteiger partial charge in [0.25, 0.3) is 0 Å². The van der Waals surface area contributed by atoms with Gasteiger partial charge < -0.3 is 15.0 Å². The van der Waals surface area contributed by atoms with Crippen LogP contribution in [0.15, 0.2) is 0 Å². The highest BCUT2D eigenvalue weighted by Crippen LogP contribution is 2.25. The second-order valence-corrected chi connectivity index (χ2v) is 3.77. The van der Waals surface area contributed by atoms with E-state index in [-0.39, 0.29) is 6.09 Å². The van der Waals surface area contributed by atoms with E-state index in [1.54, 1.807) is 0 Å². The van der Waals surface area contributed by atoms with Crippen molar-refractivity contribution < 1.29 is 9.53 Å². The van der Waals surface area contributed by atoms with Gasteiger partial charge in [-0.3, -0.25) is 0 Å². The monoisotopic (exact) mass is 184 g/mol. The number of carbonyl (C=O) groups is 1. The van der Waals surface area contributed by atoms with Crippen molar-refractivity contribution >= 4 is 6.09 Å². The Bertz CT molecular complexity index is 208. The van der Waals surface area contributed by atoms with E-state index in [0.29, 0.717) is 18.6 Å². The zero-order chi connectivity index (χ0) is 9.26. The summed E-state index contributed by atoms with van der Waals surface area (Å²) in [5, 5.41) is 3.32. The first-order valence-electron chi connectivity index (χ1n) is 4.95. The van der Waals surface area contributed by atoms with Crippen molar-refractivity contribution in [2.75, 3.05) is 26.2 Å². The summed E-state index contributed by atoms with van der Waals surface area (Å²) in [6.45, 7) is 5.16. The lowest BCUT2D eigenvalue weighted by molar-refractivity contribution is 0.104. The number of hydrogen-bond acceptors (Lipinski definition) is 3. The predicted molar refractivity (Wildman–Crippen MR) is 48.5 cm³/mol. The summed E-state index contributed by atoms with van der Waals surface area (Å²) in [7, 11) is 0. The molecule has 0 aromatic carbocycles. The maximum atomic E-state index is 11.5. The highest BCUT2D eigenvalue weighted by atomic mass is 16.6. The summed E-state index contributed by atoms with van der Waals surface area (Å²) in [5.74, 6) is 0.642. The molecular weight excluding hydrogens is 168 g/mol. The number of rotatable bonds is 1. The summed E-state index contributed by atoms with van der Waals surface area (Å²) in [6, 6.07) is 0.373. The molecule has 0 spiro atoms. The molecule has 2 rings (SSSR count). The lowest BCUT2D eigenvalue weighted by Gasteiger charge is -2.23. The maximum Gasteiger partial charge on any atom is 0.410 e. The van der Waals surface area contributed by atoms with Crippen LogP contribution in [0.5, 0.6) is 0 Å². The first-order chi connectivity index (χ1) is 6.31. The quantitative estimate of drug-likeness (QED) is 0.643. The summed E-state index contributed by atoms with van der Waals surface area (Å²) in [4.78, 5) is 13.3. The van der Waals surface area contributed by atoms with Gasteiger partial charge in [0.1, 0.15) is 0 Å². The van der Waals surface area contributed by atoms with Gasteiger partial charge in [-0.25, -0.2) is 4.79 Å². The van der Waals surface area contributed by atoms with E-state index >= 15 is 0 Å². The molecule has 2 atom stereocenters. The maximum absolute atomic E-state index is 11.5. The number of amides is 1. The fraction of sp³-hybridized carbons (Fsp3) is 0.889. The van der Waals surface area contributed by atoms with Gasteiger partial charge in [-0.15, -0.1) is 0 Å². The molecule has 0 radical (unpaired) electrons. The van der Waals surface area contributed by atoms with Crippen molar-refractivity contribution in [3.05, 3.63) is 0 Å². The van der Waals surface area contributed by atoms with Crippen LogP contribution in [0, 0.1) is 5.92 Å². The molecule has 2 bridgehead atoms. The average Bonchev–Trinajstić information content (AvgIpc) is 2.42. The molecule has 1 N–H and O–H groups in total. The lowest BCUT2D eigenvalue weighted by Crippen LogP contribution is -2.41. The second-order valence-electron chi connectivity index (χ2n) is 3.77. The first kappa shape index (κ1) is 8.81. The van der Waals surface area contributed by atoms with Crippen LogP contribution in [-0.2, 0) is 4.74 Å². The average molecular weight is 184 g/mol. The molecule has 4 heteroatoms. The summed E-state index contributed by atoms with van der Waals surface area (Å²) >= 11 is 0. The number of ether oxygens (including phenoxy) is 1. The molecule has 2 saturated heterocycles. The Morgan fingerprint density at radius 1 is 1.62 bits per heavy atom. The molecule has 74 valence electrons. The van der Waals surface area contributed by atoms with Crippen LogP contribution >= 0.6 is 0 Å². The number of piperidine rings is 1. The fourth-order valence-corrected chi connectivity index (χ4v) is 2.24. The Morgan fingerprint density at radius 3 is 3.15 bits per heavy atom. The molecule has 0 unspecified atom stereocenters. The van der Waals surface area contributed by atoms with E-state index in [2.05, 4.69) is 5.32 Å². The lowest BCUT2D eigenvalue weighted by atomic mass is 10.0. The number of likely N-dealkylation sites (tertiary alicyclic amines) is 1. The molecular formula is C9H16N2O2. The summed E-state index contributed by atoms with van der Waals surface area (Å²) < 4.78 is 4.99. The van der Waals surface area contributed by atoms with Crippen molar-refractivity contribution in [3.8, 4) is 0 Å². The molecule has 2 aliphatic rings. The van der Waals surface area contributed by atoms with Crippen molar-refractivity contribution in [3.63, 3.8) is 0 Å². The van der Waals surface area contributed by atoms with E-state index in [1.807, 2.05) is 11.8 Å². The fourth-order valence-electron chi connectivity index (χ4n) is 2.24.